The lowest BCUT2D eigenvalue weighted by molar-refractivity contribution is 0.0444. The molecule has 3 nitrogen and oxygen atoms in total. The number of pyridine rings is 1. The van der Waals surface area contributed by atoms with Gasteiger partial charge in [0.05, 0.1) is 5.52 Å². The summed E-state index contributed by atoms with van der Waals surface area (Å²) in [6.45, 7) is 6.38. The number of benzene rings is 1. The number of Topliss-reactive ketones (excluding diaryl/α,β-unsaturated/α-hetero) is 1. The van der Waals surface area contributed by atoms with E-state index in [-0.39, 0.29) is 11.9 Å². The SMILES string of the molecule is CCOC(CC)C(=O)c1ccc2nc(C)ccc2c1. The topological polar surface area (TPSA) is 39.2 Å². The summed E-state index contributed by atoms with van der Waals surface area (Å²) in [5.41, 5.74) is 2.59. The number of ketones is 1. The summed E-state index contributed by atoms with van der Waals surface area (Å²) in [4.78, 5) is 16.8. The first-order valence-corrected chi connectivity index (χ1v) is 6.69. The molecule has 1 unspecified atom stereocenters. The summed E-state index contributed by atoms with van der Waals surface area (Å²) in [5.74, 6) is 0.0480. The molecule has 0 saturated heterocycles. The molecule has 0 bridgehead atoms. The van der Waals surface area contributed by atoms with Crippen LogP contribution < -0.4 is 0 Å². The average Bonchev–Trinajstić information content (AvgIpc) is 2.43. The minimum atomic E-state index is -0.346. The normalized spacial score (nSPS) is 12.6. The zero-order chi connectivity index (χ0) is 13.8. The van der Waals surface area contributed by atoms with Crippen LogP contribution in [0.15, 0.2) is 30.3 Å². The van der Waals surface area contributed by atoms with Gasteiger partial charge in [-0.15, -0.1) is 0 Å². The molecule has 0 N–H and O–H groups in total. The van der Waals surface area contributed by atoms with Gasteiger partial charge in [0.2, 0.25) is 0 Å². The van der Waals surface area contributed by atoms with Gasteiger partial charge in [0, 0.05) is 23.3 Å². The van der Waals surface area contributed by atoms with E-state index in [2.05, 4.69) is 4.98 Å². The summed E-state index contributed by atoms with van der Waals surface area (Å²) in [5, 5.41) is 0.989. The Morgan fingerprint density at radius 1 is 1.26 bits per heavy atom. The highest BCUT2D eigenvalue weighted by Gasteiger charge is 2.18. The van der Waals surface area contributed by atoms with E-state index in [9.17, 15) is 4.79 Å². The number of hydrogen-bond acceptors (Lipinski definition) is 3. The van der Waals surface area contributed by atoms with Crippen LogP contribution >= 0.6 is 0 Å². The standard InChI is InChI=1S/C16H19NO2/c1-4-15(19-5-2)16(18)13-8-9-14-12(10-13)7-6-11(3)17-14/h6-10,15H,4-5H2,1-3H3. The van der Waals surface area contributed by atoms with Crippen molar-refractivity contribution in [2.75, 3.05) is 6.61 Å². The third kappa shape index (κ3) is 2.99. The van der Waals surface area contributed by atoms with Crippen molar-refractivity contribution in [2.24, 2.45) is 0 Å². The van der Waals surface area contributed by atoms with Crippen LogP contribution in [0.5, 0.6) is 0 Å². The van der Waals surface area contributed by atoms with E-state index in [0.717, 1.165) is 16.6 Å². The van der Waals surface area contributed by atoms with E-state index in [4.69, 9.17) is 4.74 Å². The third-order valence-corrected chi connectivity index (χ3v) is 3.14. The molecule has 1 aromatic heterocycles. The molecule has 1 atom stereocenters. The number of ether oxygens (including phenoxy) is 1. The van der Waals surface area contributed by atoms with Gasteiger partial charge < -0.3 is 4.74 Å². The number of hydrogen-bond donors (Lipinski definition) is 0. The maximum absolute atomic E-state index is 12.3. The molecule has 19 heavy (non-hydrogen) atoms. The Labute approximate surface area is 113 Å². The first-order chi connectivity index (χ1) is 9.15. The van der Waals surface area contributed by atoms with E-state index in [1.165, 1.54) is 0 Å². The molecular weight excluding hydrogens is 238 g/mol. The lowest BCUT2D eigenvalue weighted by Gasteiger charge is -2.14. The van der Waals surface area contributed by atoms with Gasteiger partial charge in [0.1, 0.15) is 6.10 Å². The van der Waals surface area contributed by atoms with E-state index in [1.807, 2.05) is 51.1 Å². The molecule has 0 aliphatic rings. The lowest BCUT2D eigenvalue weighted by atomic mass is 10.0. The summed E-state index contributed by atoms with van der Waals surface area (Å²) >= 11 is 0. The summed E-state index contributed by atoms with van der Waals surface area (Å²) in [6, 6.07) is 9.57. The van der Waals surface area contributed by atoms with Gasteiger partial charge >= 0.3 is 0 Å². The van der Waals surface area contributed by atoms with Crippen molar-refractivity contribution >= 4 is 16.7 Å². The van der Waals surface area contributed by atoms with Crippen molar-refractivity contribution in [2.45, 2.75) is 33.3 Å². The number of aromatic nitrogens is 1. The van der Waals surface area contributed by atoms with Crippen LogP contribution in [0.1, 0.15) is 36.3 Å². The Hall–Kier alpha value is -1.74. The molecule has 3 heteroatoms. The van der Waals surface area contributed by atoms with Crippen molar-refractivity contribution in [3.05, 3.63) is 41.6 Å². The first-order valence-electron chi connectivity index (χ1n) is 6.69. The molecular formula is C16H19NO2. The van der Waals surface area contributed by atoms with Crippen LogP contribution in [-0.2, 0) is 4.74 Å². The summed E-state index contributed by atoms with van der Waals surface area (Å²) in [6.07, 6.45) is 0.345. The van der Waals surface area contributed by atoms with E-state index < -0.39 is 0 Å². The molecule has 0 aliphatic heterocycles. The molecule has 2 rings (SSSR count). The van der Waals surface area contributed by atoms with Crippen molar-refractivity contribution in [1.82, 2.24) is 4.98 Å². The van der Waals surface area contributed by atoms with E-state index in [1.54, 1.807) is 0 Å². The molecule has 0 fully saturated rings. The smallest absolute Gasteiger partial charge is 0.191 e. The Kier molecular flexibility index (Phi) is 4.27. The summed E-state index contributed by atoms with van der Waals surface area (Å²) in [7, 11) is 0. The van der Waals surface area contributed by atoms with Crippen LogP contribution in [0.4, 0.5) is 0 Å². The van der Waals surface area contributed by atoms with Gasteiger partial charge in [0.25, 0.3) is 0 Å². The van der Waals surface area contributed by atoms with Gasteiger partial charge in [-0.05, 0) is 44.5 Å². The number of rotatable bonds is 5. The Balaban J connectivity index is 2.35. The van der Waals surface area contributed by atoms with Crippen molar-refractivity contribution in [3.8, 4) is 0 Å². The molecule has 1 heterocycles. The number of nitrogens with zero attached hydrogens (tertiary/aromatic N) is 1. The van der Waals surface area contributed by atoms with Crippen LogP contribution in [-0.4, -0.2) is 23.5 Å². The van der Waals surface area contributed by atoms with E-state index in [0.29, 0.717) is 18.6 Å². The fourth-order valence-corrected chi connectivity index (χ4v) is 2.15. The lowest BCUT2D eigenvalue weighted by Crippen LogP contribution is -2.23. The fraction of sp³-hybridized carbons (Fsp3) is 0.375. The van der Waals surface area contributed by atoms with E-state index >= 15 is 0 Å². The molecule has 1 aromatic carbocycles. The van der Waals surface area contributed by atoms with Gasteiger partial charge in [-0.1, -0.05) is 13.0 Å². The molecule has 2 aromatic rings. The maximum atomic E-state index is 12.3. The second-order valence-electron chi connectivity index (χ2n) is 4.58. The molecule has 0 aliphatic carbocycles. The number of carbonyl (C=O) groups is 1. The predicted molar refractivity (Wildman–Crippen MR) is 76.5 cm³/mol. The second-order valence-corrected chi connectivity index (χ2v) is 4.58. The molecule has 100 valence electrons. The zero-order valence-corrected chi connectivity index (χ0v) is 11.6. The fourth-order valence-electron chi connectivity index (χ4n) is 2.15. The maximum Gasteiger partial charge on any atom is 0.191 e. The minimum Gasteiger partial charge on any atom is -0.370 e. The predicted octanol–water partition coefficient (Wildman–Crippen LogP) is 3.54. The number of aryl methyl sites for hydroxylation is 1. The second kappa shape index (κ2) is 5.93. The first kappa shape index (κ1) is 13.7. The minimum absolute atomic E-state index is 0.0480. The Morgan fingerprint density at radius 3 is 2.74 bits per heavy atom. The molecule has 0 spiro atoms. The highest BCUT2D eigenvalue weighted by molar-refractivity contribution is 6.02. The van der Waals surface area contributed by atoms with Crippen molar-refractivity contribution in [1.29, 1.82) is 0 Å². The highest BCUT2D eigenvalue weighted by atomic mass is 16.5. The molecule has 0 radical (unpaired) electrons. The van der Waals surface area contributed by atoms with Crippen LogP contribution in [0.2, 0.25) is 0 Å². The van der Waals surface area contributed by atoms with Gasteiger partial charge in [-0.25, -0.2) is 0 Å². The quantitative estimate of drug-likeness (QED) is 0.769. The van der Waals surface area contributed by atoms with Crippen molar-refractivity contribution in [3.63, 3.8) is 0 Å². The zero-order valence-electron chi connectivity index (χ0n) is 11.6. The Bertz CT molecular complexity index is 592. The number of carbonyl (C=O) groups excluding carboxylic acids is 1. The summed E-state index contributed by atoms with van der Waals surface area (Å²) < 4.78 is 5.47. The van der Waals surface area contributed by atoms with Crippen LogP contribution in [0, 0.1) is 6.92 Å². The van der Waals surface area contributed by atoms with Crippen molar-refractivity contribution < 1.29 is 9.53 Å². The van der Waals surface area contributed by atoms with Crippen LogP contribution in [0.3, 0.4) is 0 Å². The van der Waals surface area contributed by atoms with Crippen LogP contribution in [0.25, 0.3) is 10.9 Å². The largest absolute Gasteiger partial charge is 0.370 e. The van der Waals surface area contributed by atoms with Gasteiger partial charge in [-0.2, -0.15) is 0 Å². The number of fused-ring (bicyclic) bond motifs is 1. The average molecular weight is 257 g/mol. The monoisotopic (exact) mass is 257 g/mol. The molecule has 0 saturated carbocycles. The molecule has 0 amide bonds. The Morgan fingerprint density at radius 2 is 2.05 bits per heavy atom. The highest BCUT2D eigenvalue weighted by Crippen LogP contribution is 2.17. The van der Waals surface area contributed by atoms with Gasteiger partial charge in [0.15, 0.2) is 5.78 Å². The van der Waals surface area contributed by atoms with Gasteiger partial charge in [-0.3, -0.25) is 9.78 Å². The third-order valence-electron chi connectivity index (χ3n) is 3.14.